The van der Waals surface area contributed by atoms with E-state index in [1.807, 2.05) is 23.5 Å². The van der Waals surface area contributed by atoms with Crippen LogP contribution in [0.25, 0.3) is 0 Å². The fourth-order valence-electron chi connectivity index (χ4n) is 3.96. The summed E-state index contributed by atoms with van der Waals surface area (Å²) in [6.45, 7) is 6.04. The molecule has 2 aromatic rings. The lowest BCUT2D eigenvalue weighted by atomic mass is 10.1. The Bertz CT molecular complexity index is 740. The van der Waals surface area contributed by atoms with E-state index in [2.05, 4.69) is 65.4 Å². The second kappa shape index (κ2) is 7.65. The van der Waals surface area contributed by atoms with Gasteiger partial charge in [0.05, 0.1) is 11.4 Å². The fourth-order valence-corrected chi connectivity index (χ4v) is 5.45. The van der Waals surface area contributed by atoms with E-state index in [-0.39, 0.29) is 0 Å². The third-order valence-electron chi connectivity index (χ3n) is 5.18. The Kier molecular flexibility index (Phi) is 5.30. The highest BCUT2D eigenvalue weighted by Crippen LogP contribution is 2.49. The van der Waals surface area contributed by atoms with Crippen LogP contribution in [-0.4, -0.2) is 36.8 Å². The molecular formula is C21H26N2S2. The average molecular weight is 371 g/mol. The minimum atomic E-state index is 0.469. The van der Waals surface area contributed by atoms with Crippen molar-refractivity contribution >= 4 is 34.9 Å². The summed E-state index contributed by atoms with van der Waals surface area (Å²) in [4.78, 5) is 9.32. The van der Waals surface area contributed by atoms with Crippen LogP contribution in [0.4, 0.5) is 11.4 Å². The number of hydrogen-bond donors (Lipinski definition) is 0. The molecule has 4 rings (SSSR count). The van der Waals surface area contributed by atoms with Gasteiger partial charge in [-0.05, 0) is 69.4 Å². The van der Waals surface area contributed by atoms with Crippen LogP contribution in [0.3, 0.4) is 0 Å². The molecule has 0 amide bonds. The van der Waals surface area contributed by atoms with Crippen molar-refractivity contribution in [2.45, 2.75) is 46.9 Å². The maximum Gasteiger partial charge on any atom is 0.0567 e. The Morgan fingerprint density at radius 2 is 1.76 bits per heavy atom. The number of hydrogen-bond acceptors (Lipinski definition) is 4. The van der Waals surface area contributed by atoms with Crippen molar-refractivity contribution in [1.82, 2.24) is 4.90 Å². The molecule has 4 heteroatoms. The topological polar surface area (TPSA) is 6.48 Å². The fraction of sp³-hybridized carbons (Fsp3) is 0.429. The number of piperidine rings is 1. The molecule has 0 spiro atoms. The zero-order chi connectivity index (χ0) is 17.2. The van der Waals surface area contributed by atoms with Crippen molar-refractivity contribution < 1.29 is 0 Å². The number of fused-ring (bicyclic) bond motifs is 2. The first kappa shape index (κ1) is 17.3. The second-order valence-electron chi connectivity index (χ2n) is 6.98. The average Bonchev–Trinajstić information content (AvgIpc) is 2.66. The third-order valence-corrected chi connectivity index (χ3v) is 7.04. The van der Waals surface area contributed by atoms with Crippen LogP contribution < -0.4 is 4.90 Å². The molecule has 2 aromatic carbocycles. The molecule has 1 fully saturated rings. The van der Waals surface area contributed by atoms with Crippen molar-refractivity contribution in [1.29, 1.82) is 0 Å². The van der Waals surface area contributed by atoms with Gasteiger partial charge in [-0.3, -0.25) is 0 Å². The van der Waals surface area contributed by atoms with Crippen molar-refractivity contribution in [3.8, 4) is 0 Å². The standard InChI is InChI=1S/C21H26N2S2/c1-16(15-22-12-6-3-7-13-22)23-18-8-4-5-9-20(18)25-21-11-10-17(24-2)14-19(21)23/h4-5,8-11,14,16H,3,6-7,12-13,15H2,1-2H3. The molecule has 25 heavy (non-hydrogen) atoms. The Morgan fingerprint density at radius 1 is 1.00 bits per heavy atom. The first-order chi connectivity index (χ1) is 12.3. The van der Waals surface area contributed by atoms with E-state index in [0.29, 0.717) is 6.04 Å². The summed E-state index contributed by atoms with van der Waals surface area (Å²) < 4.78 is 0. The van der Waals surface area contributed by atoms with Gasteiger partial charge >= 0.3 is 0 Å². The van der Waals surface area contributed by atoms with Crippen LogP contribution in [0.15, 0.2) is 57.2 Å². The summed E-state index contributed by atoms with van der Waals surface area (Å²) in [5.41, 5.74) is 2.74. The van der Waals surface area contributed by atoms with E-state index in [4.69, 9.17) is 0 Å². The molecule has 0 aliphatic carbocycles. The number of thioether (sulfide) groups is 1. The molecule has 1 saturated heterocycles. The first-order valence-corrected chi connectivity index (χ1v) is 11.3. The quantitative estimate of drug-likeness (QED) is 0.619. The second-order valence-corrected chi connectivity index (χ2v) is 8.95. The van der Waals surface area contributed by atoms with Gasteiger partial charge in [0.2, 0.25) is 0 Å². The zero-order valence-electron chi connectivity index (χ0n) is 15.1. The van der Waals surface area contributed by atoms with Gasteiger partial charge in [0, 0.05) is 27.3 Å². The molecular weight excluding hydrogens is 344 g/mol. The number of likely N-dealkylation sites (tertiary alicyclic amines) is 1. The summed E-state index contributed by atoms with van der Waals surface area (Å²) in [6, 6.07) is 16.2. The normalized spacial score (nSPS) is 18.6. The summed E-state index contributed by atoms with van der Waals surface area (Å²) >= 11 is 3.73. The van der Waals surface area contributed by atoms with Gasteiger partial charge in [-0.2, -0.15) is 0 Å². The van der Waals surface area contributed by atoms with Gasteiger partial charge < -0.3 is 9.80 Å². The molecule has 0 radical (unpaired) electrons. The molecule has 0 bridgehead atoms. The van der Waals surface area contributed by atoms with Crippen LogP contribution in [0.2, 0.25) is 0 Å². The largest absolute Gasteiger partial charge is 0.335 e. The molecule has 2 nitrogen and oxygen atoms in total. The minimum absolute atomic E-state index is 0.469. The van der Waals surface area contributed by atoms with E-state index in [0.717, 1.165) is 6.54 Å². The maximum absolute atomic E-state index is 2.65. The number of nitrogens with zero attached hydrogens (tertiary/aromatic N) is 2. The van der Waals surface area contributed by atoms with Gasteiger partial charge in [0.15, 0.2) is 0 Å². The molecule has 0 N–H and O–H groups in total. The molecule has 0 saturated carbocycles. The van der Waals surface area contributed by atoms with Crippen molar-refractivity contribution in [2.75, 3.05) is 30.8 Å². The monoisotopic (exact) mass is 370 g/mol. The minimum Gasteiger partial charge on any atom is -0.335 e. The van der Waals surface area contributed by atoms with Gasteiger partial charge in [0.1, 0.15) is 0 Å². The van der Waals surface area contributed by atoms with Crippen LogP contribution in [0.1, 0.15) is 26.2 Å². The molecule has 1 unspecified atom stereocenters. The number of anilines is 2. The molecule has 1 atom stereocenters. The highest BCUT2D eigenvalue weighted by Gasteiger charge is 2.28. The van der Waals surface area contributed by atoms with E-state index in [1.165, 1.54) is 58.4 Å². The molecule has 2 heterocycles. The number of benzene rings is 2. The lowest BCUT2D eigenvalue weighted by molar-refractivity contribution is 0.219. The van der Waals surface area contributed by atoms with Gasteiger partial charge in [-0.1, -0.05) is 30.3 Å². The van der Waals surface area contributed by atoms with Crippen LogP contribution >= 0.6 is 23.5 Å². The van der Waals surface area contributed by atoms with E-state index in [9.17, 15) is 0 Å². The van der Waals surface area contributed by atoms with Crippen LogP contribution in [-0.2, 0) is 0 Å². The van der Waals surface area contributed by atoms with Crippen molar-refractivity contribution in [3.05, 3.63) is 42.5 Å². The SMILES string of the molecule is CSc1ccc2c(c1)N(C(C)CN1CCCCC1)c1ccccc1S2. The predicted octanol–water partition coefficient (Wildman–Crippen LogP) is 5.89. The maximum atomic E-state index is 2.65. The summed E-state index contributed by atoms with van der Waals surface area (Å²) in [7, 11) is 0. The Morgan fingerprint density at radius 3 is 2.56 bits per heavy atom. The molecule has 2 aliphatic rings. The third kappa shape index (κ3) is 3.57. The summed E-state index contributed by atoms with van der Waals surface area (Å²) in [5.74, 6) is 0. The van der Waals surface area contributed by atoms with Crippen molar-refractivity contribution in [3.63, 3.8) is 0 Å². The Balaban J connectivity index is 1.69. The van der Waals surface area contributed by atoms with Gasteiger partial charge in [-0.25, -0.2) is 0 Å². The van der Waals surface area contributed by atoms with Crippen molar-refractivity contribution in [2.24, 2.45) is 0 Å². The number of rotatable bonds is 4. The van der Waals surface area contributed by atoms with Crippen LogP contribution in [0.5, 0.6) is 0 Å². The van der Waals surface area contributed by atoms with E-state index >= 15 is 0 Å². The lowest BCUT2D eigenvalue weighted by Crippen LogP contribution is -2.43. The molecule has 0 aromatic heterocycles. The van der Waals surface area contributed by atoms with Crippen LogP contribution in [0, 0.1) is 0 Å². The van der Waals surface area contributed by atoms with Gasteiger partial charge in [0.25, 0.3) is 0 Å². The first-order valence-electron chi connectivity index (χ1n) is 9.23. The zero-order valence-corrected chi connectivity index (χ0v) is 16.7. The lowest BCUT2D eigenvalue weighted by Gasteiger charge is -2.40. The molecule has 132 valence electrons. The predicted molar refractivity (Wildman–Crippen MR) is 111 cm³/mol. The highest BCUT2D eigenvalue weighted by atomic mass is 32.2. The Hall–Kier alpha value is -1.10. The summed E-state index contributed by atoms with van der Waals surface area (Å²) in [6.07, 6.45) is 6.26. The van der Waals surface area contributed by atoms with E-state index in [1.54, 1.807) is 0 Å². The Labute approximate surface area is 160 Å². The summed E-state index contributed by atoms with van der Waals surface area (Å²) in [5, 5.41) is 0. The smallest absolute Gasteiger partial charge is 0.0567 e. The highest BCUT2D eigenvalue weighted by molar-refractivity contribution is 8.00. The number of para-hydroxylation sites is 1. The molecule has 2 aliphatic heterocycles. The van der Waals surface area contributed by atoms with Gasteiger partial charge in [-0.15, -0.1) is 11.8 Å². The van der Waals surface area contributed by atoms with E-state index < -0.39 is 0 Å².